The van der Waals surface area contributed by atoms with Crippen LogP contribution < -0.4 is 4.57 Å². The molecule has 0 spiro atoms. The van der Waals surface area contributed by atoms with E-state index in [2.05, 4.69) is 53.7 Å². The van der Waals surface area contributed by atoms with Gasteiger partial charge < -0.3 is 0 Å². The van der Waals surface area contributed by atoms with Gasteiger partial charge in [0.2, 0.25) is 11.2 Å². The fraction of sp³-hybridized carbons (Fsp3) is 0.182. The Morgan fingerprint density at radius 2 is 1.48 bits per heavy atom. The van der Waals surface area contributed by atoms with Crippen molar-refractivity contribution < 1.29 is 29.7 Å². The van der Waals surface area contributed by atoms with Crippen LogP contribution in [0.15, 0.2) is 40.1 Å². The Bertz CT molecular complexity index is 597. The summed E-state index contributed by atoms with van der Waals surface area (Å²) in [5.74, 6) is 0. The summed E-state index contributed by atoms with van der Waals surface area (Å²) in [6.07, 6.45) is 2.12. The third-order valence-electron chi connectivity index (χ3n) is 2.10. The van der Waals surface area contributed by atoms with Gasteiger partial charge in [0.1, 0.15) is 11.3 Å². The maximum atomic E-state index is 9.87. The average Bonchev–Trinajstić information content (AvgIpc) is 2.67. The van der Waals surface area contributed by atoms with E-state index in [1.54, 1.807) is 11.3 Å². The van der Waals surface area contributed by atoms with Crippen molar-refractivity contribution >= 4 is 30.9 Å². The first kappa shape index (κ1) is 18.3. The molecule has 1 aromatic carbocycles. The summed E-state index contributed by atoms with van der Waals surface area (Å²) in [5.41, 5.74) is 4.76. The third-order valence-corrected chi connectivity index (χ3v) is 4.28. The molecule has 120 valence electrons. The standard InChI is InChI=1S/C11H12NS2.F6P/c1-12-8-14-11(13-2)10(12)9-6-4-3-5-7-9;1-7(2,3,4,5)6/h3-8H,1-2H3;/q+1;-1. The fourth-order valence-electron chi connectivity index (χ4n) is 1.44. The monoisotopic (exact) mass is 367 g/mol. The van der Waals surface area contributed by atoms with E-state index in [1.807, 2.05) is 11.8 Å². The molecule has 0 aliphatic carbocycles. The normalized spacial score (nSPS) is 14.7. The summed E-state index contributed by atoms with van der Waals surface area (Å²) in [5, 5.41) is 0. The second-order valence-corrected chi connectivity index (χ2v) is 7.85. The van der Waals surface area contributed by atoms with Crippen LogP contribution in [0.3, 0.4) is 0 Å². The summed E-state index contributed by atoms with van der Waals surface area (Å²) in [6, 6.07) is 10.5. The van der Waals surface area contributed by atoms with Crippen LogP contribution in [0, 0.1) is 0 Å². The molecule has 0 saturated heterocycles. The summed E-state index contributed by atoms with van der Waals surface area (Å²) in [4.78, 5) is 0. The van der Waals surface area contributed by atoms with E-state index in [0.717, 1.165) is 0 Å². The van der Waals surface area contributed by atoms with Gasteiger partial charge in [-0.3, -0.25) is 0 Å². The number of benzene rings is 1. The second kappa shape index (κ2) is 5.44. The Hall–Kier alpha value is -0.790. The van der Waals surface area contributed by atoms with Gasteiger partial charge in [0.15, 0.2) is 0 Å². The number of nitrogens with zero attached hydrogens (tertiary/aromatic N) is 1. The molecule has 1 nitrogen and oxygen atoms in total. The quantitative estimate of drug-likeness (QED) is 0.259. The van der Waals surface area contributed by atoms with Crippen LogP contribution in [-0.4, -0.2) is 6.26 Å². The molecule has 2 rings (SSSR count). The summed E-state index contributed by atoms with van der Waals surface area (Å²) in [6.45, 7) is 0. The number of rotatable bonds is 2. The Balaban J connectivity index is 0.000000270. The predicted octanol–water partition coefficient (Wildman–Crippen LogP) is 6.34. The van der Waals surface area contributed by atoms with Crippen molar-refractivity contribution in [1.82, 2.24) is 0 Å². The SMILES string of the molecule is CSc1sc[n+](C)c1-c1ccccc1.F[P-](F)(F)(F)(F)F. The van der Waals surface area contributed by atoms with Crippen molar-refractivity contribution in [1.29, 1.82) is 0 Å². The van der Waals surface area contributed by atoms with Crippen molar-refractivity contribution in [3.8, 4) is 11.3 Å². The summed E-state index contributed by atoms with van der Waals surface area (Å²) in [7, 11) is -8.56. The van der Waals surface area contributed by atoms with E-state index in [-0.39, 0.29) is 0 Å². The van der Waals surface area contributed by atoms with Gasteiger partial charge in [-0.05, 0) is 18.4 Å². The van der Waals surface area contributed by atoms with Crippen molar-refractivity contribution in [2.75, 3.05) is 6.26 Å². The van der Waals surface area contributed by atoms with E-state index in [9.17, 15) is 25.2 Å². The molecule has 0 aliphatic rings. The Kier molecular flexibility index (Phi) is 4.73. The second-order valence-electron chi connectivity index (χ2n) is 4.00. The molecule has 0 amide bonds. The van der Waals surface area contributed by atoms with E-state index in [0.29, 0.717) is 0 Å². The van der Waals surface area contributed by atoms with Gasteiger partial charge in [-0.1, -0.05) is 29.5 Å². The number of aromatic nitrogens is 1. The molecule has 0 atom stereocenters. The molecule has 0 unspecified atom stereocenters. The van der Waals surface area contributed by atoms with E-state index in [1.165, 1.54) is 15.5 Å². The van der Waals surface area contributed by atoms with Crippen LogP contribution in [0.1, 0.15) is 0 Å². The van der Waals surface area contributed by atoms with Crippen LogP contribution >= 0.6 is 30.9 Å². The average molecular weight is 367 g/mol. The minimum atomic E-state index is -10.7. The molecule has 1 heterocycles. The van der Waals surface area contributed by atoms with Crippen LogP contribution in [0.5, 0.6) is 0 Å². The van der Waals surface area contributed by atoms with Gasteiger partial charge in [0, 0.05) is 5.56 Å². The Labute approximate surface area is 125 Å². The van der Waals surface area contributed by atoms with Crippen molar-refractivity contribution in [2.24, 2.45) is 7.05 Å². The number of aryl methyl sites for hydroxylation is 1. The number of hydrogen-bond acceptors (Lipinski definition) is 2. The van der Waals surface area contributed by atoms with E-state index >= 15 is 0 Å². The molecule has 0 bridgehead atoms. The van der Waals surface area contributed by atoms with Crippen LogP contribution in [-0.2, 0) is 7.05 Å². The van der Waals surface area contributed by atoms with Crippen molar-refractivity contribution in [3.05, 3.63) is 35.8 Å². The summed E-state index contributed by atoms with van der Waals surface area (Å²) < 4.78 is 62.8. The minimum absolute atomic E-state index is 1.29. The molecule has 0 aliphatic heterocycles. The Morgan fingerprint density at radius 1 is 1.00 bits per heavy atom. The molecule has 10 heteroatoms. The van der Waals surface area contributed by atoms with Crippen molar-refractivity contribution in [3.63, 3.8) is 0 Å². The van der Waals surface area contributed by atoms with Crippen LogP contribution in [0.2, 0.25) is 0 Å². The number of halogens is 6. The number of thiazole rings is 1. The molecule has 21 heavy (non-hydrogen) atoms. The summed E-state index contributed by atoms with van der Waals surface area (Å²) >= 11 is 3.61. The van der Waals surface area contributed by atoms with E-state index in [4.69, 9.17) is 0 Å². The Morgan fingerprint density at radius 3 is 1.90 bits per heavy atom. The molecule has 0 N–H and O–H groups in total. The number of hydrogen-bond donors (Lipinski definition) is 0. The number of thioether (sulfide) groups is 1. The van der Waals surface area contributed by atoms with Gasteiger partial charge in [0.25, 0.3) is 0 Å². The van der Waals surface area contributed by atoms with Crippen LogP contribution in [0.4, 0.5) is 25.2 Å². The zero-order valence-electron chi connectivity index (χ0n) is 10.9. The fourth-order valence-corrected chi connectivity index (χ4v) is 3.14. The molecule has 0 radical (unpaired) electrons. The molecular formula is C11H12F6NPS2. The topological polar surface area (TPSA) is 3.88 Å². The van der Waals surface area contributed by atoms with Crippen molar-refractivity contribution in [2.45, 2.75) is 4.21 Å². The first-order valence-electron chi connectivity index (χ1n) is 5.41. The van der Waals surface area contributed by atoms with Gasteiger partial charge in [-0.25, -0.2) is 0 Å². The van der Waals surface area contributed by atoms with Gasteiger partial charge in [0.05, 0.1) is 0 Å². The van der Waals surface area contributed by atoms with Gasteiger partial charge in [-0.15, -0.1) is 11.8 Å². The molecular weight excluding hydrogens is 355 g/mol. The maximum absolute atomic E-state index is 10.7. The van der Waals surface area contributed by atoms with Gasteiger partial charge >= 0.3 is 33.0 Å². The first-order valence-corrected chi connectivity index (χ1v) is 9.54. The zero-order valence-corrected chi connectivity index (χ0v) is 13.5. The molecule has 2 aromatic rings. The van der Waals surface area contributed by atoms with Gasteiger partial charge in [-0.2, -0.15) is 4.57 Å². The molecule has 1 aromatic heterocycles. The predicted molar refractivity (Wildman–Crippen MR) is 76.3 cm³/mol. The van der Waals surface area contributed by atoms with Crippen LogP contribution in [0.25, 0.3) is 11.3 Å². The van der Waals surface area contributed by atoms with E-state index < -0.39 is 7.81 Å². The third kappa shape index (κ3) is 8.28. The molecule has 0 fully saturated rings. The zero-order chi connectivity index (χ0) is 16.4. The first-order chi connectivity index (χ1) is 9.28. The molecule has 0 saturated carbocycles.